The van der Waals surface area contributed by atoms with Crippen molar-refractivity contribution in [3.8, 4) is 0 Å². The Balaban J connectivity index is 1.54. The van der Waals surface area contributed by atoms with Crippen molar-refractivity contribution in [3.63, 3.8) is 0 Å². The topological polar surface area (TPSA) is 60.2 Å². The van der Waals surface area contributed by atoms with E-state index >= 15 is 0 Å². The van der Waals surface area contributed by atoms with Crippen LogP contribution in [0.2, 0.25) is 0 Å². The van der Waals surface area contributed by atoms with Gasteiger partial charge in [0.25, 0.3) is 0 Å². The Kier molecular flexibility index (Phi) is 4.39. The molecule has 4 rings (SSSR count). The van der Waals surface area contributed by atoms with Crippen LogP contribution in [0.5, 0.6) is 0 Å². The van der Waals surface area contributed by atoms with E-state index in [0.717, 1.165) is 16.7 Å². The van der Waals surface area contributed by atoms with Gasteiger partial charge in [-0.15, -0.1) is 0 Å². The molecule has 0 spiro atoms. The standard InChI is InChI=1S/C20H20N4O2/c1-23-11-17(10-22-23)19-13-24(12-16-4-2-3-5-18(16)19)20(25)26-14-15-6-8-21-9-7-15/h2-11,19H,12-14H2,1H3. The molecule has 3 aromatic rings. The van der Waals surface area contributed by atoms with Crippen molar-refractivity contribution in [3.05, 3.63) is 83.4 Å². The largest absolute Gasteiger partial charge is 0.445 e. The van der Waals surface area contributed by atoms with Crippen molar-refractivity contribution < 1.29 is 9.53 Å². The van der Waals surface area contributed by atoms with Gasteiger partial charge in [0.05, 0.1) is 6.20 Å². The van der Waals surface area contributed by atoms with Gasteiger partial charge in [-0.2, -0.15) is 5.10 Å². The van der Waals surface area contributed by atoms with Gasteiger partial charge in [0.15, 0.2) is 0 Å². The van der Waals surface area contributed by atoms with Crippen LogP contribution in [-0.4, -0.2) is 32.3 Å². The van der Waals surface area contributed by atoms with Crippen LogP contribution in [-0.2, 0) is 24.9 Å². The van der Waals surface area contributed by atoms with Crippen molar-refractivity contribution in [2.24, 2.45) is 7.05 Å². The van der Waals surface area contributed by atoms with Crippen LogP contribution in [0.25, 0.3) is 0 Å². The van der Waals surface area contributed by atoms with Crippen molar-refractivity contribution >= 4 is 6.09 Å². The molecule has 0 saturated carbocycles. The second-order valence-electron chi connectivity index (χ2n) is 6.49. The number of carbonyl (C=O) groups is 1. The highest BCUT2D eigenvalue weighted by Gasteiger charge is 2.30. The van der Waals surface area contributed by atoms with E-state index in [9.17, 15) is 4.79 Å². The molecule has 0 bridgehead atoms. The number of rotatable bonds is 3. The average Bonchev–Trinajstić information content (AvgIpc) is 3.12. The number of amides is 1. The third-order valence-corrected chi connectivity index (χ3v) is 4.69. The first-order valence-electron chi connectivity index (χ1n) is 8.57. The maximum absolute atomic E-state index is 12.6. The third kappa shape index (κ3) is 3.31. The van der Waals surface area contributed by atoms with E-state index in [1.54, 1.807) is 22.0 Å². The molecule has 1 aromatic carbocycles. The molecular weight excluding hydrogens is 328 g/mol. The summed E-state index contributed by atoms with van der Waals surface area (Å²) in [6.45, 7) is 1.39. The van der Waals surface area contributed by atoms with Gasteiger partial charge in [-0.05, 0) is 34.4 Å². The zero-order valence-electron chi connectivity index (χ0n) is 14.6. The fourth-order valence-corrected chi connectivity index (χ4v) is 3.37. The van der Waals surface area contributed by atoms with E-state index in [4.69, 9.17) is 4.74 Å². The monoisotopic (exact) mass is 348 g/mol. The summed E-state index contributed by atoms with van der Waals surface area (Å²) >= 11 is 0. The number of hydrogen-bond acceptors (Lipinski definition) is 4. The normalized spacial score (nSPS) is 16.2. The second-order valence-corrected chi connectivity index (χ2v) is 6.49. The average molecular weight is 348 g/mol. The van der Waals surface area contributed by atoms with Gasteiger partial charge in [-0.25, -0.2) is 4.79 Å². The number of aryl methyl sites for hydroxylation is 1. The van der Waals surface area contributed by atoms with E-state index in [-0.39, 0.29) is 18.6 Å². The predicted octanol–water partition coefficient (Wildman–Crippen LogP) is 3.10. The second kappa shape index (κ2) is 7.00. The summed E-state index contributed by atoms with van der Waals surface area (Å²) < 4.78 is 7.30. The molecule has 1 atom stereocenters. The first kappa shape index (κ1) is 16.3. The highest BCUT2D eigenvalue weighted by Crippen LogP contribution is 2.33. The minimum Gasteiger partial charge on any atom is -0.445 e. The summed E-state index contributed by atoms with van der Waals surface area (Å²) in [6.07, 6.45) is 6.96. The molecule has 1 aliphatic rings. The first-order valence-corrected chi connectivity index (χ1v) is 8.57. The zero-order chi connectivity index (χ0) is 17.9. The summed E-state index contributed by atoms with van der Waals surface area (Å²) in [4.78, 5) is 18.4. The van der Waals surface area contributed by atoms with Crippen molar-refractivity contribution in [1.82, 2.24) is 19.7 Å². The molecule has 26 heavy (non-hydrogen) atoms. The molecule has 0 radical (unpaired) electrons. The molecule has 6 nitrogen and oxygen atoms in total. The Morgan fingerprint density at radius 1 is 1.23 bits per heavy atom. The Labute approximate surface area is 152 Å². The van der Waals surface area contributed by atoms with Gasteiger partial charge in [0.2, 0.25) is 0 Å². The molecule has 0 saturated heterocycles. The summed E-state index contributed by atoms with van der Waals surface area (Å²) in [6, 6.07) is 11.9. The molecule has 6 heteroatoms. The Hall–Kier alpha value is -3.15. The van der Waals surface area contributed by atoms with Crippen LogP contribution in [0.15, 0.2) is 61.2 Å². The number of hydrogen-bond donors (Lipinski definition) is 0. The van der Waals surface area contributed by atoms with Crippen molar-refractivity contribution in [2.45, 2.75) is 19.1 Å². The van der Waals surface area contributed by atoms with Crippen LogP contribution < -0.4 is 0 Å². The molecule has 0 fully saturated rings. The first-order chi connectivity index (χ1) is 12.7. The van der Waals surface area contributed by atoms with E-state index in [2.05, 4.69) is 22.2 Å². The molecule has 1 unspecified atom stereocenters. The molecule has 0 N–H and O–H groups in total. The summed E-state index contributed by atoms with van der Waals surface area (Å²) in [5, 5.41) is 4.29. The predicted molar refractivity (Wildman–Crippen MR) is 96.3 cm³/mol. The molecule has 1 aliphatic heterocycles. The number of pyridine rings is 1. The Morgan fingerprint density at radius 3 is 2.81 bits per heavy atom. The quantitative estimate of drug-likeness (QED) is 0.730. The van der Waals surface area contributed by atoms with E-state index in [0.29, 0.717) is 13.1 Å². The van der Waals surface area contributed by atoms with Crippen LogP contribution >= 0.6 is 0 Å². The number of nitrogens with zero attached hydrogens (tertiary/aromatic N) is 4. The maximum atomic E-state index is 12.6. The fraction of sp³-hybridized carbons (Fsp3) is 0.250. The Morgan fingerprint density at radius 2 is 2.04 bits per heavy atom. The number of carbonyl (C=O) groups excluding carboxylic acids is 1. The highest BCUT2D eigenvalue weighted by atomic mass is 16.6. The smallest absolute Gasteiger partial charge is 0.410 e. The Bertz CT molecular complexity index is 907. The minimum absolute atomic E-state index is 0.0992. The lowest BCUT2D eigenvalue weighted by Crippen LogP contribution is -2.38. The molecule has 2 aromatic heterocycles. The van der Waals surface area contributed by atoms with Gasteiger partial charge < -0.3 is 9.64 Å². The number of aromatic nitrogens is 3. The van der Waals surface area contributed by atoms with E-state index in [1.807, 2.05) is 43.7 Å². The number of fused-ring (bicyclic) bond motifs is 1. The van der Waals surface area contributed by atoms with Crippen LogP contribution in [0.3, 0.4) is 0 Å². The lowest BCUT2D eigenvalue weighted by molar-refractivity contribution is 0.0898. The summed E-state index contributed by atoms with van der Waals surface area (Å²) in [7, 11) is 1.90. The van der Waals surface area contributed by atoms with Gasteiger partial charge in [0.1, 0.15) is 6.61 Å². The number of ether oxygens (including phenoxy) is 1. The van der Waals surface area contributed by atoms with Gasteiger partial charge in [0, 0.05) is 44.6 Å². The minimum atomic E-state index is -0.301. The summed E-state index contributed by atoms with van der Waals surface area (Å²) in [5.74, 6) is 0.0992. The van der Waals surface area contributed by atoms with Crippen LogP contribution in [0.1, 0.15) is 28.2 Å². The fourth-order valence-electron chi connectivity index (χ4n) is 3.37. The van der Waals surface area contributed by atoms with Crippen LogP contribution in [0.4, 0.5) is 4.79 Å². The van der Waals surface area contributed by atoms with Gasteiger partial charge in [-0.1, -0.05) is 24.3 Å². The van der Waals surface area contributed by atoms with Crippen molar-refractivity contribution in [2.75, 3.05) is 6.54 Å². The lowest BCUT2D eigenvalue weighted by atomic mass is 9.86. The zero-order valence-corrected chi connectivity index (χ0v) is 14.6. The van der Waals surface area contributed by atoms with Gasteiger partial charge >= 0.3 is 6.09 Å². The van der Waals surface area contributed by atoms with Crippen molar-refractivity contribution in [1.29, 1.82) is 0 Å². The maximum Gasteiger partial charge on any atom is 0.410 e. The van der Waals surface area contributed by atoms with Crippen LogP contribution in [0, 0.1) is 0 Å². The number of benzene rings is 1. The lowest BCUT2D eigenvalue weighted by Gasteiger charge is -2.33. The van der Waals surface area contributed by atoms with E-state index in [1.165, 1.54) is 5.56 Å². The molecule has 132 valence electrons. The highest BCUT2D eigenvalue weighted by molar-refractivity contribution is 5.68. The summed E-state index contributed by atoms with van der Waals surface area (Å²) in [5.41, 5.74) is 4.42. The van der Waals surface area contributed by atoms with Gasteiger partial charge in [-0.3, -0.25) is 9.67 Å². The molecule has 1 amide bonds. The molecular formula is C20H20N4O2. The SMILES string of the molecule is Cn1cc(C2CN(C(=O)OCc3ccncc3)Cc3ccccc32)cn1. The molecule has 0 aliphatic carbocycles. The van der Waals surface area contributed by atoms with E-state index < -0.39 is 0 Å². The molecule has 3 heterocycles. The third-order valence-electron chi connectivity index (χ3n) is 4.69.